The summed E-state index contributed by atoms with van der Waals surface area (Å²) >= 11 is 0. The highest BCUT2D eigenvalue weighted by molar-refractivity contribution is 5.98. The van der Waals surface area contributed by atoms with Crippen molar-refractivity contribution in [2.75, 3.05) is 13.2 Å². The Labute approximate surface area is 184 Å². The molecule has 2 aliphatic carbocycles. The first kappa shape index (κ1) is 21.1. The first-order valence-electron chi connectivity index (χ1n) is 11.7. The highest BCUT2D eigenvalue weighted by atomic mass is 16.5. The highest BCUT2D eigenvalue weighted by Crippen LogP contribution is 2.67. The van der Waals surface area contributed by atoms with Gasteiger partial charge in [-0.3, -0.25) is 0 Å². The van der Waals surface area contributed by atoms with E-state index in [-0.39, 0.29) is 29.3 Å². The van der Waals surface area contributed by atoms with Gasteiger partial charge in [-0.05, 0) is 49.0 Å². The average molecular weight is 430 g/mol. The summed E-state index contributed by atoms with van der Waals surface area (Å²) in [5.74, 6) is 1.87. The van der Waals surface area contributed by atoms with Crippen molar-refractivity contribution in [2.45, 2.75) is 78.1 Å². The summed E-state index contributed by atoms with van der Waals surface area (Å²) in [5.41, 5.74) is 1.24. The Balaban J connectivity index is 1.64. The number of phenols is 1. The number of fused-ring (bicyclic) bond motifs is 3. The lowest BCUT2D eigenvalue weighted by Gasteiger charge is -2.64. The number of ether oxygens (including phenoxy) is 2. The van der Waals surface area contributed by atoms with Crippen LogP contribution in [0.15, 0.2) is 11.1 Å². The molecule has 1 spiro atoms. The van der Waals surface area contributed by atoms with Gasteiger partial charge in [-0.15, -0.1) is 0 Å². The van der Waals surface area contributed by atoms with Crippen molar-refractivity contribution >= 4 is 5.90 Å². The Kier molecular flexibility index (Phi) is 4.66. The molecule has 0 bridgehead atoms. The van der Waals surface area contributed by atoms with Crippen LogP contribution in [0.5, 0.6) is 11.5 Å². The van der Waals surface area contributed by atoms with E-state index in [1.807, 2.05) is 0 Å². The van der Waals surface area contributed by atoms with E-state index < -0.39 is 5.60 Å². The van der Waals surface area contributed by atoms with Crippen molar-refractivity contribution in [2.24, 2.45) is 27.7 Å². The molecule has 170 valence electrons. The lowest BCUT2D eigenvalue weighted by molar-refractivity contribution is -0.210. The Bertz CT molecular complexity index is 940. The van der Waals surface area contributed by atoms with Crippen LogP contribution >= 0.6 is 0 Å². The van der Waals surface area contributed by atoms with Gasteiger partial charge < -0.3 is 24.8 Å². The molecule has 0 radical (unpaired) electrons. The summed E-state index contributed by atoms with van der Waals surface area (Å²) in [6.45, 7) is 9.86. The molecule has 5 atom stereocenters. The zero-order valence-electron chi connectivity index (χ0n) is 19.1. The van der Waals surface area contributed by atoms with E-state index in [4.69, 9.17) is 9.47 Å². The van der Waals surface area contributed by atoms with E-state index in [2.05, 4.69) is 32.7 Å². The molecule has 2 heterocycles. The summed E-state index contributed by atoms with van der Waals surface area (Å²) in [5, 5.41) is 32.1. The second-order valence-corrected chi connectivity index (χ2v) is 10.9. The van der Waals surface area contributed by atoms with Crippen LogP contribution in [0.3, 0.4) is 0 Å². The second-order valence-electron chi connectivity index (χ2n) is 10.9. The number of nitrogens with zero attached hydrogens (tertiary/aromatic N) is 1. The molecule has 0 aromatic heterocycles. The molecule has 6 heteroatoms. The van der Waals surface area contributed by atoms with Crippen molar-refractivity contribution < 1.29 is 24.8 Å². The number of hydrogen-bond acceptors (Lipinski definition) is 6. The van der Waals surface area contributed by atoms with Gasteiger partial charge in [0, 0.05) is 28.5 Å². The lowest BCUT2D eigenvalue weighted by Crippen LogP contribution is -2.66. The van der Waals surface area contributed by atoms with Gasteiger partial charge in [0.1, 0.15) is 23.7 Å². The maximum absolute atomic E-state index is 11.0. The fraction of sp³-hybridized carbons (Fsp3) is 0.720. The van der Waals surface area contributed by atoms with E-state index in [1.165, 1.54) is 0 Å². The number of hydrogen-bond donors (Lipinski definition) is 3. The van der Waals surface area contributed by atoms with Crippen molar-refractivity contribution in [1.82, 2.24) is 0 Å². The number of phenolic OH excluding ortho intramolecular Hbond substituents is 1. The molecular formula is C25H35NO5. The van der Waals surface area contributed by atoms with Crippen LogP contribution in [-0.4, -0.2) is 46.1 Å². The van der Waals surface area contributed by atoms with E-state index in [0.717, 1.165) is 31.2 Å². The fourth-order valence-electron chi connectivity index (χ4n) is 7.39. The monoisotopic (exact) mass is 429 g/mol. The van der Waals surface area contributed by atoms with Crippen LogP contribution in [0.2, 0.25) is 0 Å². The third-order valence-electron chi connectivity index (χ3n) is 9.28. The SMILES string of the molecule is C[C@@H]1CC[C@H]2C(C)(C)[C@H](O)CC[C@]2(C)[C@@]12Cc1c(O)cc(C3=NCCO3)c(CO)c1O2. The van der Waals surface area contributed by atoms with Gasteiger partial charge in [0.25, 0.3) is 0 Å². The number of aromatic hydroxyl groups is 1. The van der Waals surface area contributed by atoms with Crippen LogP contribution in [0, 0.1) is 22.7 Å². The van der Waals surface area contributed by atoms with Gasteiger partial charge in [-0.1, -0.05) is 27.7 Å². The van der Waals surface area contributed by atoms with E-state index in [0.29, 0.717) is 54.2 Å². The molecule has 2 fully saturated rings. The number of aliphatic imine (C=N–C) groups is 1. The quantitative estimate of drug-likeness (QED) is 0.669. The lowest BCUT2D eigenvalue weighted by atomic mass is 9.43. The minimum atomic E-state index is -0.478. The molecule has 1 aromatic carbocycles. The predicted molar refractivity (Wildman–Crippen MR) is 117 cm³/mol. The van der Waals surface area contributed by atoms with E-state index >= 15 is 0 Å². The Morgan fingerprint density at radius 2 is 1.97 bits per heavy atom. The van der Waals surface area contributed by atoms with Gasteiger partial charge in [0.05, 0.1) is 19.3 Å². The maximum Gasteiger partial charge on any atom is 0.216 e. The number of rotatable bonds is 2. The van der Waals surface area contributed by atoms with E-state index in [1.54, 1.807) is 6.07 Å². The first-order chi connectivity index (χ1) is 14.7. The minimum absolute atomic E-state index is 0.146. The number of aliphatic hydroxyl groups excluding tert-OH is 2. The maximum atomic E-state index is 11.0. The normalized spacial score (nSPS) is 38.3. The predicted octanol–water partition coefficient (Wildman–Crippen LogP) is 3.57. The Morgan fingerprint density at radius 3 is 2.65 bits per heavy atom. The third-order valence-corrected chi connectivity index (χ3v) is 9.28. The molecule has 4 aliphatic rings. The molecular weight excluding hydrogens is 394 g/mol. The van der Waals surface area contributed by atoms with Crippen molar-refractivity contribution in [1.29, 1.82) is 0 Å². The molecule has 1 aromatic rings. The summed E-state index contributed by atoms with van der Waals surface area (Å²) in [7, 11) is 0. The molecule has 3 N–H and O–H groups in total. The molecule has 2 saturated carbocycles. The number of aliphatic hydroxyl groups is 2. The van der Waals surface area contributed by atoms with Crippen molar-refractivity contribution in [3.05, 3.63) is 22.8 Å². The summed E-state index contributed by atoms with van der Waals surface area (Å²) < 4.78 is 12.6. The second kappa shape index (κ2) is 6.85. The highest BCUT2D eigenvalue weighted by Gasteiger charge is 2.67. The molecule has 31 heavy (non-hydrogen) atoms. The van der Waals surface area contributed by atoms with Gasteiger partial charge in [0.15, 0.2) is 0 Å². The Morgan fingerprint density at radius 1 is 1.19 bits per heavy atom. The largest absolute Gasteiger partial charge is 0.508 e. The van der Waals surface area contributed by atoms with Crippen LogP contribution in [-0.2, 0) is 17.8 Å². The van der Waals surface area contributed by atoms with Gasteiger partial charge >= 0.3 is 0 Å². The molecule has 2 aliphatic heterocycles. The smallest absolute Gasteiger partial charge is 0.216 e. The molecule has 0 saturated heterocycles. The zero-order valence-corrected chi connectivity index (χ0v) is 19.1. The van der Waals surface area contributed by atoms with Crippen LogP contribution < -0.4 is 4.74 Å². The van der Waals surface area contributed by atoms with Crippen LogP contribution in [0.1, 0.15) is 70.1 Å². The first-order valence-corrected chi connectivity index (χ1v) is 11.7. The Hall–Kier alpha value is -1.79. The summed E-state index contributed by atoms with van der Waals surface area (Å²) in [6, 6.07) is 1.68. The van der Waals surface area contributed by atoms with Gasteiger partial charge in [-0.2, -0.15) is 0 Å². The third kappa shape index (κ3) is 2.67. The van der Waals surface area contributed by atoms with Crippen LogP contribution in [0.4, 0.5) is 0 Å². The average Bonchev–Trinajstić information content (AvgIpc) is 3.39. The summed E-state index contributed by atoms with van der Waals surface area (Å²) in [6.07, 6.45) is 4.03. The van der Waals surface area contributed by atoms with Gasteiger partial charge in [-0.25, -0.2) is 4.99 Å². The fourth-order valence-corrected chi connectivity index (χ4v) is 7.39. The topological polar surface area (TPSA) is 91.5 Å². The molecule has 0 unspecified atom stereocenters. The van der Waals surface area contributed by atoms with Crippen molar-refractivity contribution in [3.8, 4) is 11.5 Å². The van der Waals surface area contributed by atoms with Gasteiger partial charge in [0.2, 0.25) is 5.90 Å². The van der Waals surface area contributed by atoms with Crippen LogP contribution in [0.25, 0.3) is 0 Å². The summed E-state index contributed by atoms with van der Waals surface area (Å²) in [4.78, 5) is 4.40. The number of benzene rings is 1. The molecule has 0 amide bonds. The van der Waals surface area contributed by atoms with Crippen molar-refractivity contribution in [3.63, 3.8) is 0 Å². The van der Waals surface area contributed by atoms with E-state index in [9.17, 15) is 15.3 Å². The minimum Gasteiger partial charge on any atom is -0.508 e. The molecule has 5 rings (SSSR count). The molecule has 6 nitrogen and oxygen atoms in total. The zero-order chi connectivity index (χ0) is 22.2. The standard InChI is InChI=1S/C25H35NO5/c1-14-5-6-19-23(2,3)20(29)7-8-24(19,4)25(14)12-16-18(28)11-15(22-26-9-10-30-22)17(13-27)21(16)31-25/h11,14,19-20,27-29H,5-10,12-13H2,1-4H3/t14-,19+,20-,24+,25-/m1/s1.